The molecule has 0 amide bonds. The molecule has 0 saturated heterocycles. The average Bonchev–Trinajstić information content (AvgIpc) is 3.15. The summed E-state index contributed by atoms with van der Waals surface area (Å²) in [5, 5.41) is 5.09. The Morgan fingerprint density at radius 2 is 0.935 bits per heavy atom. The molecule has 0 unspecified atom stereocenters. The van der Waals surface area contributed by atoms with Gasteiger partial charge in [0, 0.05) is 0 Å². The third-order valence-electron chi connectivity index (χ3n) is 6.53. The number of rotatable bonds is 3. The van der Waals surface area contributed by atoms with Gasteiger partial charge in [0.2, 0.25) is 0 Å². The van der Waals surface area contributed by atoms with Crippen LogP contribution in [0.4, 0.5) is 0 Å². The molecule has 1 aliphatic heterocycles. The summed E-state index contributed by atoms with van der Waals surface area (Å²) in [6, 6.07) is 41.6. The normalized spacial score (nSPS) is 20.4. The first-order valence-corrected chi connectivity index (χ1v) is 13.1. The first kappa shape index (κ1) is 20.2. The Morgan fingerprint density at radius 1 is 0.548 bits per heavy atom. The van der Waals surface area contributed by atoms with E-state index in [0.29, 0.717) is 0 Å². The van der Waals surface area contributed by atoms with Crippen molar-refractivity contribution in [2.45, 2.75) is 26.9 Å². The van der Waals surface area contributed by atoms with Gasteiger partial charge >= 0.3 is 186 Å². The summed E-state index contributed by atoms with van der Waals surface area (Å²) < 4.78 is 7.66. The van der Waals surface area contributed by atoms with E-state index in [-0.39, 0.29) is 11.5 Å². The Balaban J connectivity index is 2.04. The standard InChI is InChI=1S/C29H29OP/c1-29(2,3)28-26-21-13-14-22-27(26)31(30-28,23-15-7-4-8-16-23,24-17-9-5-10-18-24)25-19-11-6-12-20-25/h4-22,28H,1-3H3/t28-/m1/s1. The summed E-state index contributed by atoms with van der Waals surface area (Å²) in [5.74, 6) is 0. The van der Waals surface area contributed by atoms with Crippen LogP contribution in [-0.4, -0.2) is 0 Å². The second-order valence-electron chi connectivity index (χ2n) is 9.45. The van der Waals surface area contributed by atoms with E-state index in [2.05, 4.69) is 136 Å². The second kappa shape index (κ2) is 7.16. The minimum absolute atomic E-state index is 0.0121. The van der Waals surface area contributed by atoms with Crippen LogP contribution in [-0.2, 0) is 4.52 Å². The molecule has 4 aromatic carbocycles. The van der Waals surface area contributed by atoms with Crippen LogP contribution in [0.25, 0.3) is 0 Å². The van der Waals surface area contributed by atoms with Crippen LogP contribution in [0.15, 0.2) is 115 Å². The molecule has 1 nitrogen and oxygen atoms in total. The van der Waals surface area contributed by atoms with Gasteiger partial charge in [0.1, 0.15) is 0 Å². The van der Waals surface area contributed by atoms with Gasteiger partial charge in [0.05, 0.1) is 0 Å². The van der Waals surface area contributed by atoms with Crippen molar-refractivity contribution in [3.05, 3.63) is 121 Å². The van der Waals surface area contributed by atoms with Crippen LogP contribution >= 0.6 is 6.83 Å². The number of hydrogen-bond donors (Lipinski definition) is 0. The summed E-state index contributed by atoms with van der Waals surface area (Å²) in [5.41, 5.74) is 1.26. The minimum atomic E-state index is -3.43. The Bertz CT molecular complexity index is 1090. The van der Waals surface area contributed by atoms with Gasteiger partial charge < -0.3 is 0 Å². The Kier molecular flexibility index (Phi) is 4.66. The van der Waals surface area contributed by atoms with Gasteiger partial charge in [-0.2, -0.15) is 0 Å². The first-order chi connectivity index (χ1) is 15.0. The van der Waals surface area contributed by atoms with E-state index < -0.39 is 6.83 Å². The van der Waals surface area contributed by atoms with Crippen LogP contribution in [0, 0.1) is 5.41 Å². The van der Waals surface area contributed by atoms with Crippen molar-refractivity contribution in [2.75, 3.05) is 0 Å². The molecule has 156 valence electrons. The molecule has 0 N–H and O–H groups in total. The molecule has 1 aliphatic rings. The van der Waals surface area contributed by atoms with Crippen molar-refractivity contribution < 1.29 is 4.52 Å². The number of fused-ring (bicyclic) bond motifs is 1. The molecule has 0 aliphatic carbocycles. The monoisotopic (exact) mass is 424 g/mol. The first-order valence-electron chi connectivity index (χ1n) is 10.9. The van der Waals surface area contributed by atoms with Crippen molar-refractivity contribution in [3.8, 4) is 0 Å². The molecular weight excluding hydrogens is 395 g/mol. The van der Waals surface area contributed by atoms with Crippen molar-refractivity contribution in [1.82, 2.24) is 0 Å². The molecule has 5 rings (SSSR count). The molecule has 0 aromatic heterocycles. The van der Waals surface area contributed by atoms with E-state index in [1.807, 2.05) is 0 Å². The Morgan fingerprint density at radius 3 is 1.35 bits per heavy atom. The van der Waals surface area contributed by atoms with Gasteiger partial charge in [-0.1, -0.05) is 0 Å². The fraction of sp³-hybridized carbons (Fsp3) is 0.172. The summed E-state index contributed by atoms with van der Waals surface area (Å²) in [7, 11) is 0. The Labute approximate surface area is 185 Å². The maximum atomic E-state index is 7.66. The van der Waals surface area contributed by atoms with E-state index in [1.165, 1.54) is 26.8 Å². The molecule has 0 bridgehead atoms. The number of benzene rings is 4. The van der Waals surface area contributed by atoms with Gasteiger partial charge in [0.15, 0.2) is 0 Å². The molecule has 31 heavy (non-hydrogen) atoms. The molecule has 0 radical (unpaired) electrons. The molecule has 0 spiro atoms. The summed E-state index contributed by atoms with van der Waals surface area (Å²) in [6.45, 7) is 3.42. The SMILES string of the molecule is CC(C)(C)[C@@H]1OP(c2ccccc2)(c2ccccc2)(c2ccccc2)c2ccccc21. The number of hydrogen-bond acceptors (Lipinski definition) is 1. The predicted octanol–water partition coefficient (Wildman–Crippen LogP) is 5.87. The van der Waals surface area contributed by atoms with Crippen LogP contribution in [0.3, 0.4) is 0 Å². The van der Waals surface area contributed by atoms with Gasteiger partial charge in [-0.05, 0) is 0 Å². The zero-order valence-corrected chi connectivity index (χ0v) is 19.3. The van der Waals surface area contributed by atoms with Crippen molar-refractivity contribution >= 4 is 28.0 Å². The third kappa shape index (κ3) is 2.70. The topological polar surface area (TPSA) is 9.23 Å². The average molecular weight is 425 g/mol. The molecular formula is C29H29OP. The summed E-state index contributed by atoms with van der Waals surface area (Å²) in [4.78, 5) is 0. The quantitative estimate of drug-likeness (QED) is 0.374. The molecule has 0 saturated carbocycles. The fourth-order valence-electron chi connectivity index (χ4n) is 5.23. The molecule has 1 atom stereocenters. The van der Waals surface area contributed by atoms with Gasteiger partial charge in [-0.15, -0.1) is 0 Å². The van der Waals surface area contributed by atoms with Crippen molar-refractivity contribution in [1.29, 1.82) is 0 Å². The van der Waals surface area contributed by atoms with Gasteiger partial charge in [0.25, 0.3) is 0 Å². The van der Waals surface area contributed by atoms with E-state index in [1.54, 1.807) is 0 Å². The van der Waals surface area contributed by atoms with E-state index in [4.69, 9.17) is 4.52 Å². The Hall–Kier alpha value is -2.73. The predicted molar refractivity (Wildman–Crippen MR) is 135 cm³/mol. The zero-order chi connectivity index (χ0) is 21.6. The summed E-state index contributed by atoms with van der Waals surface area (Å²) in [6.07, 6.45) is -0.0121. The second-order valence-corrected chi connectivity index (χ2v) is 13.8. The van der Waals surface area contributed by atoms with Crippen molar-refractivity contribution in [3.63, 3.8) is 0 Å². The molecule has 0 fully saturated rings. The summed E-state index contributed by atoms with van der Waals surface area (Å²) >= 11 is 0. The van der Waals surface area contributed by atoms with Crippen LogP contribution in [0.5, 0.6) is 0 Å². The fourth-order valence-corrected chi connectivity index (χ4v) is 11.6. The maximum absolute atomic E-state index is 7.66. The van der Waals surface area contributed by atoms with Gasteiger partial charge in [-0.25, -0.2) is 0 Å². The zero-order valence-electron chi connectivity index (χ0n) is 18.4. The van der Waals surface area contributed by atoms with Crippen LogP contribution < -0.4 is 21.2 Å². The third-order valence-corrected chi connectivity index (χ3v) is 12.3. The molecule has 1 heterocycles. The van der Waals surface area contributed by atoms with E-state index in [9.17, 15) is 0 Å². The van der Waals surface area contributed by atoms with E-state index >= 15 is 0 Å². The molecule has 4 aromatic rings. The molecule has 2 heteroatoms. The van der Waals surface area contributed by atoms with Crippen molar-refractivity contribution in [2.24, 2.45) is 5.41 Å². The van der Waals surface area contributed by atoms with Crippen LogP contribution in [0.1, 0.15) is 32.4 Å². The van der Waals surface area contributed by atoms with E-state index in [0.717, 1.165) is 0 Å². The van der Waals surface area contributed by atoms with Gasteiger partial charge in [-0.3, -0.25) is 0 Å². The van der Waals surface area contributed by atoms with Crippen LogP contribution in [0.2, 0.25) is 0 Å².